The Bertz CT molecular complexity index is 431. The van der Waals surface area contributed by atoms with Crippen LogP contribution in [0, 0.1) is 0 Å². The standard InChI is InChI=1S/C12H16N2O3S/c1-7(2)18-9-5-3-8(4-6-9)14-11(15)10(13)12(16)17/h3-7,10H,13H2,1-2H3,(H,14,15)(H,16,17). The molecule has 0 saturated heterocycles. The van der Waals surface area contributed by atoms with Gasteiger partial charge in [-0.25, -0.2) is 4.79 Å². The quantitative estimate of drug-likeness (QED) is 0.556. The smallest absolute Gasteiger partial charge is 0.330 e. The van der Waals surface area contributed by atoms with Crippen LogP contribution in [0.4, 0.5) is 5.69 Å². The average molecular weight is 268 g/mol. The maximum absolute atomic E-state index is 11.4. The molecule has 0 aliphatic carbocycles. The van der Waals surface area contributed by atoms with E-state index in [4.69, 9.17) is 10.8 Å². The largest absolute Gasteiger partial charge is 0.480 e. The van der Waals surface area contributed by atoms with Gasteiger partial charge < -0.3 is 16.2 Å². The molecule has 0 aliphatic heterocycles. The van der Waals surface area contributed by atoms with Crippen LogP contribution in [-0.4, -0.2) is 28.3 Å². The van der Waals surface area contributed by atoms with Crippen molar-refractivity contribution in [2.45, 2.75) is 30.0 Å². The van der Waals surface area contributed by atoms with Crippen molar-refractivity contribution in [3.63, 3.8) is 0 Å². The summed E-state index contributed by atoms with van der Waals surface area (Å²) in [5.74, 6) is -2.08. The molecule has 98 valence electrons. The zero-order chi connectivity index (χ0) is 13.7. The number of benzene rings is 1. The van der Waals surface area contributed by atoms with Gasteiger partial charge in [0.05, 0.1) is 0 Å². The molecule has 0 fully saturated rings. The van der Waals surface area contributed by atoms with Crippen LogP contribution in [0.1, 0.15) is 13.8 Å². The number of hydrogen-bond donors (Lipinski definition) is 3. The third-order valence-electron chi connectivity index (χ3n) is 2.04. The van der Waals surface area contributed by atoms with Crippen molar-refractivity contribution < 1.29 is 14.7 Å². The second-order valence-corrected chi connectivity index (χ2v) is 5.65. The Hall–Kier alpha value is -1.53. The Morgan fingerprint density at radius 2 is 1.83 bits per heavy atom. The molecule has 6 heteroatoms. The summed E-state index contributed by atoms with van der Waals surface area (Å²) in [6.45, 7) is 4.18. The summed E-state index contributed by atoms with van der Waals surface area (Å²) in [5.41, 5.74) is 5.72. The minimum atomic E-state index is -1.55. The highest BCUT2D eigenvalue weighted by atomic mass is 32.2. The van der Waals surface area contributed by atoms with Crippen LogP contribution in [0.25, 0.3) is 0 Å². The first kappa shape index (κ1) is 14.5. The van der Waals surface area contributed by atoms with Crippen LogP contribution >= 0.6 is 11.8 Å². The number of nitrogens with two attached hydrogens (primary N) is 1. The predicted octanol–water partition coefficient (Wildman–Crippen LogP) is 1.54. The molecule has 0 radical (unpaired) electrons. The van der Waals surface area contributed by atoms with E-state index in [1.54, 1.807) is 23.9 Å². The van der Waals surface area contributed by atoms with Gasteiger partial charge in [0.2, 0.25) is 0 Å². The van der Waals surface area contributed by atoms with Crippen LogP contribution in [0.2, 0.25) is 0 Å². The van der Waals surface area contributed by atoms with Gasteiger partial charge in [-0.3, -0.25) is 4.79 Å². The van der Waals surface area contributed by atoms with Gasteiger partial charge in [0, 0.05) is 15.8 Å². The molecule has 1 atom stereocenters. The number of aliphatic carboxylic acids is 1. The van der Waals surface area contributed by atoms with E-state index in [0.29, 0.717) is 10.9 Å². The lowest BCUT2D eigenvalue weighted by Crippen LogP contribution is -2.42. The molecule has 1 aromatic rings. The molecule has 0 aliphatic rings. The molecule has 5 nitrogen and oxygen atoms in total. The molecular formula is C12H16N2O3S. The van der Waals surface area contributed by atoms with Crippen molar-refractivity contribution in [1.82, 2.24) is 0 Å². The monoisotopic (exact) mass is 268 g/mol. The lowest BCUT2D eigenvalue weighted by Gasteiger charge is -2.09. The Morgan fingerprint density at radius 3 is 2.28 bits per heavy atom. The van der Waals surface area contributed by atoms with Crippen LogP contribution in [-0.2, 0) is 9.59 Å². The summed E-state index contributed by atoms with van der Waals surface area (Å²) in [6, 6.07) is 5.63. The molecule has 0 heterocycles. The normalized spacial score (nSPS) is 12.2. The van der Waals surface area contributed by atoms with E-state index in [2.05, 4.69) is 19.2 Å². The van der Waals surface area contributed by atoms with E-state index in [9.17, 15) is 9.59 Å². The summed E-state index contributed by atoms with van der Waals surface area (Å²) in [5, 5.41) is 11.5. The number of rotatable bonds is 5. The lowest BCUT2D eigenvalue weighted by molar-refractivity contribution is -0.141. The second kappa shape index (κ2) is 6.42. The number of nitrogens with one attached hydrogen (secondary N) is 1. The molecule has 1 rings (SSSR count). The van der Waals surface area contributed by atoms with E-state index in [1.807, 2.05) is 12.1 Å². The van der Waals surface area contributed by atoms with Gasteiger partial charge in [0.15, 0.2) is 6.04 Å². The SMILES string of the molecule is CC(C)Sc1ccc(NC(=O)C(N)C(=O)O)cc1. The second-order valence-electron chi connectivity index (χ2n) is 4.00. The van der Waals surface area contributed by atoms with E-state index in [-0.39, 0.29) is 0 Å². The molecule has 1 unspecified atom stereocenters. The molecule has 0 spiro atoms. The number of carbonyl (C=O) groups is 2. The van der Waals surface area contributed by atoms with Gasteiger partial charge in [0.25, 0.3) is 5.91 Å². The first-order valence-electron chi connectivity index (χ1n) is 5.46. The summed E-state index contributed by atoms with van der Waals surface area (Å²) < 4.78 is 0. The number of thioether (sulfide) groups is 1. The van der Waals surface area contributed by atoms with Crippen LogP contribution in [0.15, 0.2) is 29.2 Å². The van der Waals surface area contributed by atoms with E-state index in [1.165, 1.54) is 0 Å². The number of carboxylic acids is 1. The molecular weight excluding hydrogens is 252 g/mol. The van der Waals surface area contributed by atoms with Crippen molar-refractivity contribution in [2.24, 2.45) is 5.73 Å². The van der Waals surface area contributed by atoms with Crippen molar-refractivity contribution in [3.05, 3.63) is 24.3 Å². The van der Waals surface area contributed by atoms with E-state index < -0.39 is 17.9 Å². The van der Waals surface area contributed by atoms with Crippen molar-refractivity contribution in [1.29, 1.82) is 0 Å². The van der Waals surface area contributed by atoms with Gasteiger partial charge in [-0.2, -0.15) is 0 Å². The summed E-state index contributed by atoms with van der Waals surface area (Å²) in [7, 11) is 0. The number of carboxylic acid groups (broad SMARTS) is 1. The van der Waals surface area contributed by atoms with Crippen LogP contribution in [0.5, 0.6) is 0 Å². The molecule has 4 N–H and O–H groups in total. The zero-order valence-electron chi connectivity index (χ0n) is 10.2. The molecule has 0 aromatic heterocycles. The molecule has 1 aromatic carbocycles. The minimum Gasteiger partial charge on any atom is -0.480 e. The molecule has 1 amide bonds. The Morgan fingerprint density at radius 1 is 1.28 bits per heavy atom. The minimum absolute atomic E-state index is 0.478. The number of amides is 1. The average Bonchev–Trinajstić information content (AvgIpc) is 2.29. The van der Waals surface area contributed by atoms with Gasteiger partial charge >= 0.3 is 5.97 Å². The lowest BCUT2D eigenvalue weighted by atomic mass is 10.2. The summed E-state index contributed by atoms with van der Waals surface area (Å²) >= 11 is 1.71. The third kappa shape index (κ3) is 4.38. The first-order valence-corrected chi connectivity index (χ1v) is 6.34. The van der Waals surface area contributed by atoms with E-state index in [0.717, 1.165) is 4.90 Å². The highest BCUT2D eigenvalue weighted by Crippen LogP contribution is 2.24. The highest BCUT2D eigenvalue weighted by molar-refractivity contribution is 7.99. The van der Waals surface area contributed by atoms with Gasteiger partial charge in [0.1, 0.15) is 0 Å². The fourth-order valence-corrected chi connectivity index (χ4v) is 2.06. The Kier molecular flexibility index (Phi) is 5.18. The molecule has 0 saturated carbocycles. The molecule has 18 heavy (non-hydrogen) atoms. The summed E-state index contributed by atoms with van der Waals surface area (Å²) in [4.78, 5) is 23.0. The predicted molar refractivity (Wildman–Crippen MR) is 71.7 cm³/mol. The van der Waals surface area contributed by atoms with Crippen molar-refractivity contribution in [2.75, 3.05) is 5.32 Å². The fraction of sp³-hybridized carbons (Fsp3) is 0.333. The topological polar surface area (TPSA) is 92.4 Å². The maximum Gasteiger partial charge on any atom is 0.330 e. The third-order valence-corrected chi connectivity index (χ3v) is 3.06. The molecule has 0 bridgehead atoms. The van der Waals surface area contributed by atoms with Gasteiger partial charge in [-0.1, -0.05) is 13.8 Å². The highest BCUT2D eigenvalue weighted by Gasteiger charge is 2.20. The summed E-state index contributed by atoms with van der Waals surface area (Å²) in [6.07, 6.45) is 0. The Labute approximate surface area is 110 Å². The zero-order valence-corrected chi connectivity index (χ0v) is 11.0. The first-order chi connectivity index (χ1) is 8.40. The number of anilines is 1. The van der Waals surface area contributed by atoms with Crippen molar-refractivity contribution >= 4 is 29.3 Å². The fourth-order valence-electron chi connectivity index (χ4n) is 1.22. The number of carbonyl (C=O) groups excluding carboxylic acids is 1. The van der Waals surface area contributed by atoms with Crippen LogP contribution in [0.3, 0.4) is 0 Å². The van der Waals surface area contributed by atoms with Gasteiger partial charge in [-0.05, 0) is 24.3 Å². The van der Waals surface area contributed by atoms with Gasteiger partial charge in [-0.15, -0.1) is 11.8 Å². The number of hydrogen-bond acceptors (Lipinski definition) is 4. The van der Waals surface area contributed by atoms with E-state index >= 15 is 0 Å². The van der Waals surface area contributed by atoms with Crippen LogP contribution < -0.4 is 11.1 Å². The maximum atomic E-state index is 11.4. The Balaban J connectivity index is 2.64. The van der Waals surface area contributed by atoms with Crippen molar-refractivity contribution in [3.8, 4) is 0 Å².